The Hall–Kier alpha value is -2.77. The van der Waals surface area contributed by atoms with Crippen LogP contribution in [-0.2, 0) is 6.18 Å². The van der Waals surface area contributed by atoms with E-state index < -0.39 is 11.9 Å². The molecule has 0 spiro atoms. The van der Waals surface area contributed by atoms with Crippen LogP contribution in [0, 0.1) is 0 Å². The van der Waals surface area contributed by atoms with E-state index in [1.807, 2.05) is 24.3 Å². The second kappa shape index (κ2) is 5.40. The van der Waals surface area contributed by atoms with Gasteiger partial charge in [0, 0.05) is 12.0 Å². The fraction of sp³-hybridized carbons (Fsp3) is 0.250. The highest BCUT2D eigenvalue weighted by Crippen LogP contribution is 2.36. The van der Waals surface area contributed by atoms with Crippen LogP contribution in [-0.4, -0.2) is 21.6 Å². The summed E-state index contributed by atoms with van der Waals surface area (Å²) in [6.07, 6.45) is -2.52. The SMILES string of the molecule is FC(F)(F)c1cc2c(N[C@H]3CCOc4ccccc43)ncnc2[nH]1. The van der Waals surface area contributed by atoms with Gasteiger partial charge in [-0.05, 0) is 12.1 Å². The molecule has 0 saturated carbocycles. The van der Waals surface area contributed by atoms with Gasteiger partial charge in [0.15, 0.2) is 0 Å². The summed E-state index contributed by atoms with van der Waals surface area (Å²) < 4.78 is 44.3. The molecule has 0 aliphatic carbocycles. The third-order valence-electron chi connectivity index (χ3n) is 4.00. The van der Waals surface area contributed by atoms with Crippen molar-refractivity contribution in [3.63, 3.8) is 0 Å². The van der Waals surface area contributed by atoms with Gasteiger partial charge in [0.1, 0.15) is 29.2 Å². The van der Waals surface area contributed by atoms with Crippen LogP contribution in [0.4, 0.5) is 19.0 Å². The molecule has 0 saturated heterocycles. The molecule has 1 aromatic carbocycles. The zero-order chi connectivity index (χ0) is 16.7. The number of nitrogens with zero attached hydrogens (tertiary/aromatic N) is 2. The molecule has 5 nitrogen and oxygen atoms in total. The average molecular weight is 334 g/mol. The fourth-order valence-corrected chi connectivity index (χ4v) is 2.86. The van der Waals surface area contributed by atoms with E-state index in [0.29, 0.717) is 24.2 Å². The Balaban J connectivity index is 1.72. The Morgan fingerprint density at radius 2 is 2.04 bits per heavy atom. The summed E-state index contributed by atoms with van der Waals surface area (Å²) in [4.78, 5) is 10.3. The quantitative estimate of drug-likeness (QED) is 0.746. The smallest absolute Gasteiger partial charge is 0.431 e. The first-order chi connectivity index (χ1) is 11.5. The number of aromatic nitrogens is 3. The maximum atomic E-state index is 12.9. The van der Waals surface area contributed by atoms with Crippen molar-refractivity contribution >= 4 is 16.9 Å². The van der Waals surface area contributed by atoms with Crippen molar-refractivity contribution in [3.05, 3.63) is 47.9 Å². The van der Waals surface area contributed by atoms with Crippen LogP contribution < -0.4 is 10.1 Å². The molecule has 3 aromatic rings. The summed E-state index contributed by atoms with van der Waals surface area (Å²) in [6.45, 7) is 0.532. The van der Waals surface area contributed by atoms with Gasteiger partial charge in [0.2, 0.25) is 0 Å². The largest absolute Gasteiger partial charge is 0.493 e. The van der Waals surface area contributed by atoms with Gasteiger partial charge in [-0.3, -0.25) is 0 Å². The van der Waals surface area contributed by atoms with Crippen molar-refractivity contribution < 1.29 is 17.9 Å². The van der Waals surface area contributed by atoms with Crippen LogP contribution in [0.5, 0.6) is 5.75 Å². The number of nitrogens with one attached hydrogen (secondary N) is 2. The Morgan fingerprint density at radius 3 is 2.88 bits per heavy atom. The predicted molar refractivity (Wildman–Crippen MR) is 81.8 cm³/mol. The van der Waals surface area contributed by atoms with Crippen LogP contribution in [0.15, 0.2) is 36.7 Å². The van der Waals surface area contributed by atoms with Crippen LogP contribution in [0.3, 0.4) is 0 Å². The maximum Gasteiger partial charge on any atom is 0.431 e. The molecule has 0 radical (unpaired) electrons. The Labute approximate surface area is 134 Å². The first-order valence-electron chi connectivity index (χ1n) is 7.41. The Bertz CT molecular complexity index is 890. The van der Waals surface area contributed by atoms with Gasteiger partial charge < -0.3 is 15.0 Å². The van der Waals surface area contributed by atoms with E-state index in [-0.39, 0.29) is 11.7 Å². The lowest BCUT2D eigenvalue weighted by molar-refractivity contribution is -0.140. The van der Waals surface area contributed by atoms with Crippen LogP contribution in [0.1, 0.15) is 23.7 Å². The van der Waals surface area contributed by atoms with Crippen molar-refractivity contribution in [1.82, 2.24) is 15.0 Å². The molecule has 1 aliphatic rings. The summed E-state index contributed by atoms with van der Waals surface area (Å²) in [5.74, 6) is 1.14. The third-order valence-corrected chi connectivity index (χ3v) is 4.00. The maximum absolute atomic E-state index is 12.9. The summed E-state index contributed by atoms with van der Waals surface area (Å²) in [5, 5.41) is 3.54. The molecule has 3 heterocycles. The number of ether oxygens (including phenoxy) is 1. The van der Waals surface area contributed by atoms with E-state index in [0.717, 1.165) is 17.4 Å². The van der Waals surface area contributed by atoms with Gasteiger partial charge in [-0.25, -0.2) is 9.97 Å². The molecule has 0 bridgehead atoms. The van der Waals surface area contributed by atoms with Gasteiger partial charge in [-0.1, -0.05) is 18.2 Å². The van der Waals surface area contributed by atoms with E-state index in [1.54, 1.807) is 0 Å². The van der Waals surface area contributed by atoms with Gasteiger partial charge in [-0.2, -0.15) is 13.2 Å². The highest BCUT2D eigenvalue weighted by Gasteiger charge is 2.33. The van der Waals surface area contributed by atoms with Crippen LogP contribution >= 0.6 is 0 Å². The lowest BCUT2D eigenvalue weighted by Crippen LogP contribution is -2.20. The summed E-state index contributed by atoms with van der Waals surface area (Å²) in [7, 11) is 0. The number of para-hydroxylation sites is 1. The number of benzene rings is 1. The molecular weight excluding hydrogens is 321 g/mol. The van der Waals surface area contributed by atoms with Crippen molar-refractivity contribution in [1.29, 1.82) is 0 Å². The third kappa shape index (κ3) is 2.53. The number of alkyl halides is 3. The minimum atomic E-state index is -4.46. The van der Waals surface area contributed by atoms with E-state index in [9.17, 15) is 13.2 Å². The van der Waals surface area contributed by atoms with E-state index in [1.165, 1.54) is 6.33 Å². The van der Waals surface area contributed by atoms with Crippen molar-refractivity contribution in [2.24, 2.45) is 0 Å². The number of halogens is 3. The van der Waals surface area contributed by atoms with Gasteiger partial charge in [0.05, 0.1) is 18.0 Å². The second-order valence-electron chi connectivity index (χ2n) is 5.54. The second-order valence-corrected chi connectivity index (χ2v) is 5.54. The Morgan fingerprint density at radius 1 is 1.21 bits per heavy atom. The number of aromatic amines is 1. The van der Waals surface area contributed by atoms with Gasteiger partial charge >= 0.3 is 6.18 Å². The zero-order valence-corrected chi connectivity index (χ0v) is 12.4. The van der Waals surface area contributed by atoms with Gasteiger partial charge in [-0.15, -0.1) is 0 Å². The standard InChI is InChI=1S/C16H13F3N4O/c17-16(18,19)13-7-10-14(20-8-21-15(10)23-13)22-11-5-6-24-12-4-2-1-3-9(11)12/h1-4,7-8,11H,5-6H2,(H2,20,21,22,23)/t11-/m0/s1. The molecule has 24 heavy (non-hydrogen) atoms. The molecule has 8 heteroatoms. The number of fused-ring (bicyclic) bond motifs is 2. The number of H-pyrrole nitrogens is 1. The zero-order valence-electron chi connectivity index (χ0n) is 12.4. The minimum Gasteiger partial charge on any atom is -0.493 e. The molecule has 0 fully saturated rings. The normalized spacial score (nSPS) is 17.4. The Kier molecular flexibility index (Phi) is 3.33. The first-order valence-corrected chi connectivity index (χ1v) is 7.41. The average Bonchev–Trinajstić information content (AvgIpc) is 3.01. The minimum absolute atomic E-state index is 0.0858. The lowest BCUT2D eigenvalue weighted by atomic mass is 10.0. The van der Waals surface area contributed by atoms with Gasteiger partial charge in [0.25, 0.3) is 0 Å². The van der Waals surface area contributed by atoms with Crippen LogP contribution in [0.2, 0.25) is 0 Å². The molecule has 2 N–H and O–H groups in total. The summed E-state index contributed by atoms with van der Waals surface area (Å²) in [6, 6.07) is 8.53. The van der Waals surface area contributed by atoms with E-state index >= 15 is 0 Å². The molecule has 124 valence electrons. The highest BCUT2D eigenvalue weighted by molar-refractivity contribution is 5.88. The molecule has 1 atom stereocenters. The molecular formula is C16H13F3N4O. The number of rotatable bonds is 2. The number of hydrogen-bond acceptors (Lipinski definition) is 4. The van der Waals surface area contributed by atoms with E-state index in [2.05, 4.69) is 20.3 Å². The summed E-state index contributed by atoms with van der Waals surface area (Å²) >= 11 is 0. The molecule has 2 aromatic heterocycles. The highest BCUT2D eigenvalue weighted by atomic mass is 19.4. The van der Waals surface area contributed by atoms with Crippen molar-refractivity contribution in [2.75, 3.05) is 11.9 Å². The fourth-order valence-electron chi connectivity index (χ4n) is 2.86. The number of anilines is 1. The lowest BCUT2D eigenvalue weighted by Gasteiger charge is -2.27. The molecule has 0 amide bonds. The first kappa shape index (κ1) is 14.8. The molecule has 0 unspecified atom stereocenters. The summed E-state index contributed by atoms with van der Waals surface area (Å²) in [5.41, 5.74) is 0.274. The molecule has 1 aliphatic heterocycles. The topological polar surface area (TPSA) is 62.8 Å². The molecule has 4 rings (SSSR count). The number of hydrogen-bond donors (Lipinski definition) is 2. The van der Waals surface area contributed by atoms with Crippen LogP contribution in [0.25, 0.3) is 11.0 Å². The monoisotopic (exact) mass is 334 g/mol. The van der Waals surface area contributed by atoms with E-state index in [4.69, 9.17) is 4.74 Å². The van der Waals surface area contributed by atoms with Crippen molar-refractivity contribution in [3.8, 4) is 5.75 Å². The predicted octanol–water partition coefficient (Wildman–Crippen LogP) is 3.91. The van der Waals surface area contributed by atoms with Crippen molar-refractivity contribution in [2.45, 2.75) is 18.6 Å².